The molecule has 3 rings (SSSR count). The van der Waals surface area contributed by atoms with Gasteiger partial charge in [0.2, 0.25) is 0 Å². The summed E-state index contributed by atoms with van der Waals surface area (Å²) in [6, 6.07) is 6.86. The second-order valence-corrected chi connectivity index (χ2v) is 6.25. The van der Waals surface area contributed by atoms with Crippen LogP contribution in [0.3, 0.4) is 0 Å². The van der Waals surface area contributed by atoms with Crippen molar-refractivity contribution in [2.45, 2.75) is 18.1 Å². The second kappa shape index (κ2) is 5.58. The van der Waals surface area contributed by atoms with Crippen LogP contribution in [0, 0.1) is 0 Å². The quantitative estimate of drug-likeness (QED) is 0.751. The van der Waals surface area contributed by atoms with Crippen molar-refractivity contribution < 1.29 is 17.3 Å². The van der Waals surface area contributed by atoms with E-state index in [4.69, 9.17) is 8.83 Å². The van der Waals surface area contributed by atoms with E-state index in [1.807, 2.05) is 0 Å². The molecule has 0 atom stereocenters. The summed E-state index contributed by atoms with van der Waals surface area (Å²) in [6.07, 6.45) is 5.60. The number of nitrogens with one attached hydrogen (secondary N) is 1. The molecule has 0 amide bonds. The van der Waals surface area contributed by atoms with E-state index >= 15 is 0 Å². The van der Waals surface area contributed by atoms with Crippen LogP contribution >= 0.6 is 0 Å². The molecule has 0 aliphatic carbocycles. The number of hydrogen-bond donors (Lipinski definition) is 1. The largest absolute Gasteiger partial charge is 0.468 e. The van der Waals surface area contributed by atoms with Gasteiger partial charge in [0.1, 0.15) is 11.5 Å². The van der Waals surface area contributed by atoms with E-state index in [1.165, 1.54) is 29.4 Å². The highest BCUT2D eigenvalue weighted by molar-refractivity contribution is 7.89. The number of aromatic amines is 1. The van der Waals surface area contributed by atoms with Crippen LogP contribution in [-0.2, 0) is 23.1 Å². The van der Waals surface area contributed by atoms with E-state index in [1.54, 1.807) is 24.3 Å². The molecule has 0 aliphatic rings. The predicted octanol–water partition coefficient (Wildman–Crippen LogP) is 1.99. The normalized spacial score (nSPS) is 12.0. The fourth-order valence-electron chi connectivity index (χ4n) is 1.90. The molecule has 0 aliphatic heterocycles. The van der Waals surface area contributed by atoms with Crippen LogP contribution in [0.4, 0.5) is 0 Å². The number of imidazole rings is 1. The Bertz CT molecular complexity index is 725. The van der Waals surface area contributed by atoms with Crippen LogP contribution in [0.5, 0.6) is 0 Å². The summed E-state index contributed by atoms with van der Waals surface area (Å²) in [6.45, 7) is 0.212. The van der Waals surface area contributed by atoms with Gasteiger partial charge in [0.25, 0.3) is 10.0 Å². The topological polar surface area (TPSA) is 92.3 Å². The van der Waals surface area contributed by atoms with Gasteiger partial charge in [-0.25, -0.2) is 13.4 Å². The molecule has 1 N–H and O–H groups in total. The first kappa shape index (κ1) is 13.7. The fourth-order valence-corrected chi connectivity index (χ4v) is 3.17. The van der Waals surface area contributed by atoms with Crippen molar-refractivity contribution in [2.75, 3.05) is 0 Å². The van der Waals surface area contributed by atoms with Gasteiger partial charge in [-0.1, -0.05) is 0 Å². The van der Waals surface area contributed by atoms with Crippen molar-refractivity contribution in [3.8, 4) is 0 Å². The Hall–Kier alpha value is -2.32. The van der Waals surface area contributed by atoms with Crippen molar-refractivity contribution in [2.24, 2.45) is 0 Å². The minimum atomic E-state index is -3.71. The number of furan rings is 2. The summed E-state index contributed by atoms with van der Waals surface area (Å²) in [7, 11) is -3.71. The smallest absolute Gasteiger partial charge is 0.260 e. The van der Waals surface area contributed by atoms with Crippen molar-refractivity contribution >= 4 is 10.0 Å². The summed E-state index contributed by atoms with van der Waals surface area (Å²) >= 11 is 0. The summed E-state index contributed by atoms with van der Waals surface area (Å²) in [4.78, 5) is 6.37. The highest BCUT2D eigenvalue weighted by Gasteiger charge is 2.27. The number of aromatic nitrogens is 2. The first-order valence-corrected chi connectivity index (χ1v) is 7.63. The Balaban J connectivity index is 1.91. The molecule has 7 nitrogen and oxygen atoms in total. The molecule has 0 aromatic carbocycles. The number of sulfonamides is 1. The van der Waals surface area contributed by atoms with Gasteiger partial charge < -0.3 is 13.8 Å². The van der Waals surface area contributed by atoms with Crippen LogP contribution in [-0.4, -0.2) is 22.7 Å². The Morgan fingerprint density at radius 3 is 2.14 bits per heavy atom. The summed E-state index contributed by atoms with van der Waals surface area (Å²) in [5, 5.41) is 0.0283. The van der Waals surface area contributed by atoms with Gasteiger partial charge in [0.15, 0.2) is 5.03 Å². The average Bonchev–Trinajstić information content (AvgIpc) is 3.22. The lowest BCUT2D eigenvalue weighted by molar-refractivity contribution is 0.329. The van der Waals surface area contributed by atoms with Gasteiger partial charge in [-0.15, -0.1) is 0 Å². The first-order chi connectivity index (χ1) is 10.2. The molecule has 0 unspecified atom stereocenters. The Morgan fingerprint density at radius 2 is 1.71 bits per heavy atom. The highest BCUT2D eigenvalue weighted by Crippen LogP contribution is 2.19. The van der Waals surface area contributed by atoms with Crippen molar-refractivity contribution in [1.82, 2.24) is 14.3 Å². The number of rotatable bonds is 6. The van der Waals surface area contributed by atoms with E-state index in [0.29, 0.717) is 11.5 Å². The molecule has 3 heterocycles. The van der Waals surface area contributed by atoms with E-state index < -0.39 is 10.0 Å². The molecule has 0 spiro atoms. The third-order valence-corrected chi connectivity index (χ3v) is 4.63. The molecule has 21 heavy (non-hydrogen) atoms. The Labute approximate surface area is 121 Å². The predicted molar refractivity (Wildman–Crippen MR) is 72.4 cm³/mol. The fraction of sp³-hybridized carbons (Fsp3) is 0.154. The highest BCUT2D eigenvalue weighted by atomic mass is 32.2. The maximum atomic E-state index is 12.6. The molecule has 8 heteroatoms. The molecule has 0 radical (unpaired) electrons. The summed E-state index contributed by atoms with van der Waals surface area (Å²) < 4.78 is 37.0. The molecule has 0 bridgehead atoms. The van der Waals surface area contributed by atoms with Gasteiger partial charge in [-0.2, -0.15) is 4.31 Å². The maximum absolute atomic E-state index is 12.6. The van der Waals surface area contributed by atoms with E-state index in [0.717, 1.165) is 0 Å². The van der Waals surface area contributed by atoms with Crippen LogP contribution in [0.2, 0.25) is 0 Å². The van der Waals surface area contributed by atoms with Crippen LogP contribution < -0.4 is 0 Å². The van der Waals surface area contributed by atoms with Gasteiger partial charge in [-0.3, -0.25) is 0 Å². The third-order valence-electron chi connectivity index (χ3n) is 2.92. The lowest BCUT2D eigenvalue weighted by Crippen LogP contribution is -2.30. The van der Waals surface area contributed by atoms with Crippen molar-refractivity contribution in [3.63, 3.8) is 0 Å². The average molecular weight is 307 g/mol. The zero-order valence-corrected chi connectivity index (χ0v) is 11.8. The molecular weight excluding hydrogens is 294 g/mol. The van der Waals surface area contributed by atoms with E-state index in [2.05, 4.69) is 9.97 Å². The molecule has 0 saturated carbocycles. The van der Waals surface area contributed by atoms with E-state index in [9.17, 15) is 8.42 Å². The Morgan fingerprint density at radius 1 is 1.10 bits per heavy atom. The zero-order valence-electron chi connectivity index (χ0n) is 11.0. The molecule has 110 valence electrons. The van der Waals surface area contributed by atoms with Crippen LogP contribution in [0.25, 0.3) is 0 Å². The standard InChI is InChI=1S/C13H13N3O4S/c17-21(18,13-7-14-10-15-13)16(8-11-3-1-5-19-11)9-12-4-2-6-20-12/h1-7,10H,8-9H2,(H,14,15). The molecule has 0 saturated heterocycles. The van der Waals surface area contributed by atoms with Gasteiger partial charge in [0.05, 0.1) is 38.1 Å². The molecule has 0 fully saturated rings. The van der Waals surface area contributed by atoms with Crippen LogP contribution in [0.1, 0.15) is 11.5 Å². The third kappa shape index (κ3) is 2.91. The lowest BCUT2D eigenvalue weighted by Gasteiger charge is -2.19. The van der Waals surface area contributed by atoms with Gasteiger partial charge in [0, 0.05) is 0 Å². The van der Waals surface area contributed by atoms with Crippen molar-refractivity contribution in [3.05, 3.63) is 60.8 Å². The maximum Gasteiger partial charge on any atom is 0.260 e. The molecular formula is C13H13N3O4S. The minimum absolute atomic E-state index is 0.0283. The number of hydrogen-bond acceptors (Lipinski definition) is 5. The zero-order chi connectivity index (χ0) is 14.7. The molecule has 3 aromatic heterocycles. The Kier molecular flexibility index (Phi) is 3.63. The van der Waals surface area contributed by atoms with Gasteiger partial charge >= 0.3 is 0 Å². The number of H-pyrrole nitrogens is 1. The van der Waals surface area contributed by atoms with Crippen LogP contribution in [0.15, 0.2) is 63.2 Å². The van der Waals surface area contributed by atoms with Crippen molar-refractivity contribution in [1.29, 1.82) is 0 Å². The van der Waals surface area contributed by atoms with Gasteiger partial charge in [-0.05, 0) is 24.3 Å². The lowest BCUT2D eigenvalue weighted by atomic mass is 10.4. The SMILES string of the molecule is O=S(=O)(c1cnc[nH]1)N(Cc1ccco1)Cc1ccco1. The number of nitrogens with zero attached hydrogens (tertiary/aromatic N) is 2. The first-order valence-electron chi connectivity index (χ1n) is 6.19. The summed E-state index contributed by atoms with van der Waals surface area (Å²) in [5.41, 5.74) is 0. The van der Waals surface area contributed by atoms with E-state index in [-0.39, 0.29) is 18.1 Å². The molecule has 3 aromatic rings. The summed E-state index contributed by atoms with van der Waals surface area (Å²) in [5.74, 6) is 1.09. The minimum Gasteiger partial charge on any atom is -0.468 e. The second-order valence-electron chi connectivity index (χ2n) is 4.35. The monoisotopic (exact) mass is 307 g/mol.